The summed E-state index contributed by atoms with van der Waals surface area (Å²) in [5.74, 6) is -0.576. The van der Waals surface area contributed by atoms with Crippen LogP contribution in [-0.2, 0) is 4.79 Å². The zero-order valence-electron chi connectivity index (χ0n) is 6.29. The molecule has 1 rings (SSSR count). The van der Waals surface area contributed by atoms with Crippen LogP contribution in [0, 0.1) is 5.51 Å². The highest BCUT2D eigenvalue weighted by atomic mass is 32.1. The van der Waals surface area contributed by atoms with E-state index in [-0.39, 0.29) is 10.8 Å². The molecular weight excluding hydrogens is 178 g/mol. The number of carbonyl (C=O) groups excluding carboxylic acids is 2. The third-order valence-electron chi connectivity index (χ3n) is 1.07. The van der Waals surface area contributed by atoms with E-state index >= 15 is 0 Å². The van der Waals surface area contributed by atoms with Gasteiger partial charge in [0.25, 0.3) is 12.1 Å². The topological polar surface area (TPSA) is 56.3 Å². The molecule has 0 atom stereocenters. The largest absolute Gasteiger partial charge is 0.477 e. The lowest BCUT2D eigenvalue weighted by atomic mass is 10.4. The number of aromatic nitrogens is 1. The van der Waals surface area contributed by atoms with Crippen LogP contribution in [0.1, 0.15) is 16.6 Å². The van der Waals surface area contributed by atoms with Gasteiger partial charge in [-0.2, -0.15) is 4.98 Å². The molecule has 0 aliphatic carbocycles. The molecule has 12 heavy (non-hydrogen) atoms. The maximum atomic E-state index is 10.8. The number of ether oxygens (including phenoxy) is 1. The maximum absolute atomic E-state index is 10.8. The van der Waals surface area contributed by atoms with Gasteiger partial charge in [-0.1, -0.05) is 0 Å². The van der Waals surface area contributed by atoms with Gasteiger partial charge in [0.2, 0.25) is 5.88 Å². The van der Waals surface area contributed by atoms with Crippen LogP contribution in [0.4, 0.5) is 0 Å². The minimum Gasteiger partial charge on any atom is -0.477 e. The Morgan fingerprint density at radius 1 is 1.83 bits per heavy atom. The molecule has 0 aliphatic heterocycles. The van der Waals surface area contributed by atoms with Crippen molar-refractivity contribution < 1.29 is 14.3 Å². The molecule has 1 aromatic heterocycles. The van der Waals surface area contributed by atoms with Gasteiger partial charge < -0.3 is 4.74 Å². The lowest BCUT2D eigenvalue weighted by molar-refractivity contribution is 0.106. The Labute approximate surface area is 73.2 Å². The molecule has 0 bridgehead atoms. The Balaban J connectivity index is 2.90. The Hall–Kier alpha value is -1.23. The lowest BCUT2D eigenvalue weighted by Gasteiger charge is -1.97. The molecule has 5 heteroatoms. The summed E-state index contributed by atoms with van der Waals surface area (Å²) in [5.41, 5.74) is 2.47. The first kappa shape index (κ1) is 8.86. The van der Waals surface area contributed by atoms with E-state index in [0.717, 1.165) is 11.3 Å². The van der Waals surface area contributed by atoms with Crippen molar-refractivity contribution in [3.63, 3.8) is 0 Å². The van der Waals surface area contributed by atoms with Gasteiger partial charge in [0.1, 0.15) is 4.88 Å². The van der Waals surface area contributed by atoms with Crippen molar-refractivity contribution >= 4 is 23.4 Å². The Bertz CT molecular complexity index is 295. The summed E-state index contributed by atoms with van der Waals surface area (Å²) in [5, 5.41) is 0. The zero-order chi connectivity index (χ0) is 8.97. The number of hydrogen-bond acceptors (Lipinski definition) is 5. The number of carbonyl (C=O) groups is 1. The molecule has 0 amide bonds. The van der Waals surface area contributed by atoms with Gasteiger partial charge in [-0.25, -0.2) is 0 Å². The van der Waals surface area contributed by atoms with E-state index in [9.17, 15) is 9.59 Å². The van der Waals surface area contributed by atoms with Gasteiger partial charge in [0, 0.05) is 0 Å². The molecule has 0 N–H and O–H groups in total. The molecule has 0 saturated carbocycles. The number of ketones is 1. The molecule has 0 saturated heterocycles. The van der Waals surface area contributed by atoms with Crippen molar-refractivity contribution in [2.24, 2.45) is 0 Å². The van der Waals surface area contributed by atoms with Crippen LogP contribution in [0.15, 0.2) is 0 Å². The molecule has 4 nitrogen and oxygen atoms in total. The predicted octanol–water partition coefficient (Wildman–Crippen LogP) is 0.634. The van der Waals surface area contributed by atoms with Gasteiger partial charge in [-0.3, -0.25) is 9.59 Å². The second kappa shape index (κ2) is 3.96. The molecule has 62 valence electrons. The van der Waals surface area contributed by atoms with Crippen molar-refractivity contribution in [1.82, 2.24) is 4.98 Å². The molecule has 1 heterocycles. The van der Waals surface area contributed by atoms with Crippen LogP contribution in [-0.4, -0.2) is 23.7 Å². The second-order valence-corrected chi connectivity index (χ2v) is 2.60. The van der Waals surface area contributed by atoms with Gasteiger partial charge in [-0.15, -0.1) is 11.3 Å². The summed E-state index contributed by atoms with van der Waals surface area (Å²) >= 11 is 0.949. The highest BCUT2D eigenvalue weighted by Gasteiger charge is 2.15. The van der Waals surface area contributed by atoms with Gasteiger partial charge in [0.05, 0.1) is 6.61 Å². The van der Waals surface area contributed by atoms with Crippen molar-refractivity contribution in [1.29, 1.82) is 0 Å². The van der Waals surface area contributed by atoms with Crippen LogP contribution in [0.3, 0.4) is 0 Å². The fourth-order valence-corrected chi connectivity index (χ4v) is 1.17. The summed E-state index contributed by atoms with van der Waals surface area (Å²) in [6, 6.07) is 0. The van der Waals surface area contributed by atoms with Crippen LogP contribution in [0.2, 0.25) is 0 Å². The van der Waals surface area contributed by atoms with Gasteiger partial charge in [0.15, 0.2) is 5.51 Å². The number of Topliss-reactive ketones (excluding diaryl/α,β-unsaturated/α-hetero) is 1. The van der Waals surface area contributed by atoms with E-state index < -0.39 is 5.78 Å². The summed E-state index contributed by atoms with van der Waals surface area (Å²) in [4.78, 5) is 24.6. The van der Waals surface area contributed by atoms with Crippen LogP contribution in [0.5, 0.6) is 5.88 Å². The summed E-state index contributed by atoms with van der Waals surface area (Å²) in [6.07, 6.45) is 1.25. The normalized spacial score (nSPS) is 9.42. The highest BCUT2D eigenvalue weighted by Crippen LogP contribution is 2.20. The third kappa shape index (κ3) is 1.68. The van der Waals surface area contributed by atoms with Crippen molar-refractivity contribution in [2.75, 3.05) is 6.61 Å². The van der Waals surface area contributed by atoms with E-state index in [4.69, 9.17) is 4.74 Å². The molecular formula is C7H5NO3S. The van der Waals surface area contributed by atoms with Gasteiger partial charge in [-0.05, 0) is 6.92 Å². The van der Waals surface area contributed by atoms with Gasteiger partial charge >= 0.3 is 0 Å². The first-order chi connectivity index (χ1) is 5.79. The van der Waals surface area contributed by atoms with Crippen molar-refractivity contribution in [3.05, 3.63) is 10.4 Å². The molecule has 0 unspecified atom stereocenters. The predicted molar refractivity (Wildman–Crippen MR) is 42.1 cm³/mol. The molecule has 0 aromatic carbocycles. The third-order valence-corrected chi connectivity index (χ3v) is 1.82. The van der Waals surface area contributed by atoms with E-state index in [0.29, 0.717) is 6.61 Å². The van der Waals surface area contributed by atoms with E-state index in [1.807, 2.05) is 0 Å². The number of nitrogens with zero attached hydrogens (tertiary/aromatic N) is 1. The monoisotopic (exact) mass is 183 g/mol. The summed E-state index contributed by atoms with van der Waals surface area (Å²) in [6.45, 7) is 2.16. The quantitative estimate of drug-likeness (QED) is 0.507. The molecule has 0 aliphatic rings. The lowest BCUT2D eigenvalue weighted by Crippen LogP contribution is -2.01. The van der Waals surface area contributed by atoms with Crippen molar-refractivity contribution in [3.8, 4) is 5.88 Å². The Morgan fingerprint density at radius 3 is 3.17 bits per heavy atom. The fraction of sp³-hybridized carbons (Fsp3) is 0.286. The smallest absolute Gasteiger partial charge is 0.278 e. The molecule has 1 aromatic rings. The summed E-state index contributed by atoms with van der Waals surface area (Å²) in [7, 11) is 0. The minimum absolute atomic E-state index is 0.159. The molecule has 0 fully saturated rings. The highest BCUT2D eigenvalue weighted by molar-refractivity contribution is 7.12. The SMILES string of the molecule is CCOc1n[c]sc1C(=O)[C]=O. The summed E-state index contributed by atoms with van der Waals surface area (Å²) < 4.78 is 4.97. The minimum atomic E-state index is -0.739. The molecule has 2 radical (unpaired) electrons. The Morgan fingerprint density at radius 2 is 2.58 bits per heavy atom. The molecule has 0 spiro atoms. The number of hydrogen-bond donors (Lipinski definition) is 0. The fourth-order valence-electron chi connectivity index (χ4n) is 0.629. The standard InChI is InChI=1S/C7H5NO3S/c1-2-11-7-6(5(10)3-9)12-4-8-7/h2H2,1H3. The first-order valence-electron chi connectivity index (χ1n) is 3.21. The Kier molecular flexibility index (Phi) is 2.93. The first-order valence-corrected chi connectivity index (χ1v) is 4.03. The average Bonchev–Trinajstić information content (AvgIpc) is 2.52. The second-order valence-electron chi connectivity index (χ2n) is 1.80. The maximum Gasteiger partial charge on any atom is 0.278 e. The van der Waals surface area contributed by atoms with Crippen LogP contribution < -0.4 is 4.74 Å². The number of thiazole rings is 1. The van der Waals surface area contributed by atoms with Crippen molar-refractivity contribution in [2.45, 2.75) is 6.92 Å². The van der Waals surface area contributed by atoms with Crippen LogP contribution in [0.25, 0.3) is 0 Å². The zero-order valence-corrected chi connectivity index (χ0v) is 7.10. The van der Waals surface area contributed by atoms with E-state index in [1.54, 1.807) is 6.92 Å². The van der Waals surface area contributed by atoms with Crippen LogP contribution >= 0.6 is 11.3 Å². The number of rotatable bonds is 4. The average molecular weight is 183 g/mol. The van der Waals surface area contributed by atoms with E-state index in [2.05, 4.69) is 10.5 Å². The van der Waals surface area contributed by atoms with E-state index in [1.165, 1.54) is 6.29 Å².